The van der Waals surface area contributed by atoms with Crippen LogP contribution in [0.15, 0.2) is 0 Å². The average Bonchev–Trinajstić information content (AvgIpc) is 2.56. The van der Waals surface area contributed by atoms with Crippen molar-refractivity contribution in [1.29, 1.82) is 0 Å². The molecule has 0 bridgehead atoms. The van der Waals surface area contributed by atoms with Crippen LogP contribution in [0.25, 0.3) is 0 Å². The Bertz CT molecular complexity index is 321. The number of thioether (sulfide) groups is 1. The summed E-state index contributed by atoms with van der Waals surface area (Å²) < 4.78 is 11.1. The fraction of sp³-hybridized carbons (Fsp3) is 0.941. The van der Waals surface area contributed by atoms with Gasteiger partial charge < -0.3 is 9.47 Å². The fourth-order valence-electron chi connectivity index (χ4n) is 3.07. The summed E-state index contributed by atoms with van der Waals surface area (Å²) in [6, 6.07) is 0. The molecule has 5 heteroatoms. The maximum atomic E-state index is 12.1. The zero-order valence-electron chi connectivity index (χ0n) is 13.9. The van der Waals surface area contributed by atoms with Crippen molar-refractivity contribution >= 4 is 17.7 Å². The van der Waals surface area contributed by atoms with E-state index in [4.69, 9.17) is 9.47 Å². The molecule has 2 rings (SSSR count). The molecule has 0 aromatic rings. The molecule has 0 N–H and O–H groups in total. The zero-order valence-corrected chi connectivity index (χ0v) is 14.7. The Kier molecular flexibility index (Phi) is 8.63. The molecule has 1 saturated carbocycles. The van der Waals surface area contributed by atoms with Crippen LogP contribution in [0.5, 0.6) is 0 Å². The van der Waals surface area contributed by atoms with Gasteiger partial charge in [-0.25, -0.2) is 0 Å². The van der Waals surface area contributed by atoms with Crippen LogP contribution < -0.4 is 0 Å². The molecule has 128 valence electrons. The number of esters is 1. The highest BCUT2D eigenvalue weighted by molar-refractivity contribution is 7.99. The lowest BCUT2D eigenvalue weighted by molar-refractivity contribution is -0.150. The van der Waals surface area contributed by atoms with Gasteiger partial charge in [-0.15, -0.1) is 0 Å². The van der Waals surface area contributed by atoms with Crippen LogP contribution in [-0.2, 0) is 14.3 Å². The lowest BCUT2D eigenvalue weighted by Gasteiger charge is -2.31. The first-order valence-corrected chi connectivity index (χ1v) is 9.95. The Morgan fingerprint density at radius 3 is 2.82 bits per heavy atom. The first kappa shape index (κ1) is 18.1. The molecule has 0 radical (unpaired) electrons. The molecular formula is C17H31NO3S. The maximum Gasteiger partial charge on any atom is 0.307 e. The highest BCUT2D eigenvalue weighted by Crippen LogP contribution is 2.31. The van der Waals surface area contributed by atoms with Crippen molar-refractivity contribution in [1.82, 2.24) is 4.90 Å². The van der Waals surface area contributed by atoms with Gasteiger partial charge in [-0.3, -0.25) is 9.69 Å². The van der Waals surface area contributed by atoms with Crippen molar-refractivity contribution in [2.45, 2.75) is 63.2 Å². The average molecular weight is 330 g/mol. The van der Waals surface area contributed by atoms with Gasteiger partial charge in [-0.2, -0.15) is 11.8 Å². The van der Waals surface area contributed by atoms with Gasteiger partial charge in [0.25, 0.3) is 0 Å². The summed E-state index contributed by atoms with van der Waals surface area (Å²) in [5, 5.41) is 0.521. The van der Waals surface area contributed by atoms with E-state index < -0.39 is 0 Å². The van der Waals surface area contributed by atoms with Crippen LogP contribution in [0.3, 0.4) is 0 Å². The van der Waals surface area contributed by atoms with Crippen molar-refractivity contribution in [3.63, 3.8) is 0 Å². The standard InChI is InChI=1S/C17H31NO3S/c1-2-3-14-22-16-7-5-4-6-15(16)21-17(19)8-9-18-10-12-20-13-11-18/h15-16H,2-14H2,1H3. The predicted molar refractivity (Wildman–Crippen MR) is 91.4 cm³/mol. The van der Waals surface area contributed by atoms with Gasteiger partial charge in [0, 0.05) is 24.9 Å². The van der Waals surface area contributed by atoms with Crippen molar-refractivity contribution in [2.75, 3.05) is 38.6 Å². The summed E-state index contributed by atoms with van der Waals surface area (Å²) in [4.78, 5) is 14.4. The summed E-state index contributed by atoms with van der Waals surface area (Å²) in [6.45, 7) is 6.48. The normalized spacial score (nSPS) is 26.8. The molecule has 0 amide bonds. The van der Waals surface area contributed by atoms with E-state index in [1.54, 1.807) is 0 Å². The molecule has 0 aromatic heterocycles. The van der Waals surface area contributed by atoms with Crippen molar-refractivity contribution in [2.24, 2.45) is 0 Å². The number of rotatable bonds is 8. The molecule has 0 aromatic carbocycles. The highest BCUT2D eigenvalue weighted by Gasteiger charge is 2.28. The van der Waals surface area contributed by atoms with E-state index in [0.29, 0.717) is 11.7 Å². The second kappa shape index (κ2) is 10.5. The lowest BCUT2D eigenvalue weighted by Crippen LogP contribution is -2.38. The van der Waals surface area contributed by atoms with Crippen LogP contribution in [0.4, 0.5) is 0 Å². The quantitative estimate of drug-likeness (QED) is 0.505. The van der Waals surface area contributed by atoms with Gasteiger partial charge in [0.15, 0.2) is 0 Å². The number of carbonyl (C=O) groups excluding carboxylic acids is 1. The monoisotopic (exact) mass is 329 g/mol. The lowest BCUT2D eigenvalue weighted by atomic mass is 9.97. The van der Waals surface area contributed by atoms with Crippen molar-refractivity contribution < 1.29 is 14.3 Å². The topological polar surface area (TPSA) is 38.8 Å². The van der Waals surface area contributed by atoms with Gasteiger partial charge >= 0.3 is 5.97 Å². The van der Waals surface area contributed by atoms with Crippen LogP contribution in [0.1, 0.15) is 51.9 Å². The van der Waals surface area contributed by atoms with Gasteiger partial charge in [-0.05, 0) is 31.4 Å². The molecule has 1 heterocycles. The molecular weight excluding hydrogens is 298 g/mol. The van der Waals surface area contributed by atoms with Gasteiger partial charge in [0.1, 0.15) is 6.10 Å². The second-order valence-electron chi connectivity index (χ2n) is 6.28. The Morgan fingerprint density at radius 1 is 1.27 bits per heavy atom. The Morgan fingerprint density at radius 2 is 2.05 bits per heavy atom. The third-order valence-corrected chi connectivity index (χ3v) is 5.98. The van der Waals surface area contributed by atoms with E-state index in [1.165, 1.54) is 37.9 Å². The number of ether oxygens (including phenoxy) is 2. The third-order valence-electron chi connectivity index (χ3n) is 4.49. The summed E-state index contributed by atoms with van der Waals surface area (Å²) in [7, 11) is 0. The minimum Gasteiger partial charge on any atom is -0.461 e. The third kappa shape index (κ3) is 6.47. The summed E-state index contributed by atoms with van der Waals surface area (Å²) in [6.07, 6.45) is 7.90. The Hall–Kier alpha value is -0.260. The van der Waals surface area contributed by atoms with Crippen molar-refractivity contribution in [3.8, 4) is 0 Å². The fourth-order valence-corrected chi connectivity index (χ4v) is 4.57. The minimum absolute atomic E-state index is 0.0144. The minimum atomic E-state index is -0.0144. The Balaban J connectivity index is 1.68. The van der Waals surface area contributed by atoms with E-state index in [0.717, 1.165) is 39.3 Å². The summed E-state index contributed by atoms with van der Waals surface area (Å²) >= 11 is 2.01. The van der Waals surface area contributed by atoms with E-state index in [2.05, 4.69) is 11.8 Å². The van der Waals surface area contributed by atoms with Crippen LogP contribution >= 0.6 is 11.8 Å². The predicted octanol–water partition coefficient (Wildman–Crippen LogP) is 3.10. The van der Waals surface area contributed by atoms with E-state index in [-0.39, 0.29) is 12.1 Å². The van der Waals surface area contributed by atoms with Gasteiger partial charge in [0.05, 0.1) is 19.6 Å². The molecule has 0 spiro atoms. The second-order valence-corrected chi connectivity index (χ2v) is 7.63. The molecule has 2 atom stereocenters. The number of hydrogen-bond acceptors (Lipinski definition) is 5. The van der Waals surface area contributed by atoms with E-state index in [1.807, 2.05) is 11.8 Å². The molecule has 2 unspecified atom stereocenters. The number of unbranched alkanes of at least 4 members (excludes halogenated alkanes) is 1. The number of morpholine rings is 1. The smallest absolute Gasteiger partial charge is 0.307 e. The van der Waals surface area contributed by atoms with Crippen LogP contribution in [-0.4, -0.2) is 60.8 Å². The molecule has 1 aliphatic heterocycles. The molecule has 1 saturated heterocycles. The number of nitrogens with zero attached hydrogens (tertiary/aromatic N) is 1. The van der Waals surface area contributed by atoms with E-state index >= 15 is 0 Å². The molecule has 1 aliphatic carbocycles. The van der Waals surface area contributed by atoms with Crippen molar-refractivity contribution in [3.05, 3.63) is 0 Å². The molecule has 22 heavy (non-hydrogen) atoms. The molecule has 2 aliphatic rings. The zero-order chi connectivity index (χ0) is 15.6. The first-order chi connectivity index (χ1) is 10.8. The number of hydrogen-bond donors (Lipinski definition) is 0. The summed E-state index contributed by atoms with van der Waals surface area (Å²) in [5.74, 6) is 1.18. The SMILES string of the molecule is CCCCSC1CCCCC1OC(=O)CCN1CCOCC1. The highest BCUT2D eigenvalue weighted by atomic mass is 32.2. The molecule has 2 fully saturated rings. The Labute approximate surface area is 139 Å². The van der Waals surface area contributed by atoms with E-state index in [9.17, 15) is 4.79 Å². The van der Waals surface area contributed by atoms with Crippen LogP contribution in [0.2, 0.25) is 0 Å². The maximum absolute atomic E-state index is 12.1. The van der Waals surface area contributed by atoms with Gasteiger partial charge in [0.2, 0.25) is 0 Å². The van der Waals surface area contributed by atoms with Gasteiger partial charge in [-0.1, -0.05) is 19.8 Å². The largest absolute Gasteiger partial charge is 0.461 e. The summed E-state index contributed by atoms with van der Waals surface area (Å²) in [5.41, 5.74) is 0. The van der Waals surface area contributed by atoms with Crippen LogP contribution in [0, 0.1) is 0 Å². The first-order valence-electron chi connectivity index (χ1n) is 8.90. The number of carbonyl (C=O) groups is 1. The molecule has 4 nitrogen and oxygen atoms in total.